The zero-order valence-electron chi connectivity index (χ0n) is 13.5. The predicted molar refractivity (Wildman–Crippen MR) is 90.8 cm³/mol. The molecule has 2 amide bonds. The topological polar surface area (TPSA) is 50.8 Å². The van der Waals surface area contributed by atoms with Gasteiger partial charge < -0.3 is 19.7 Å². The first kappa shape index (κ1) is 16.7. The van der Waals surface area contributed by atoms with Gasteiger partial charge in [-0.1, -0.05) is 0 Å². The van der Waals surface area contributed by atoms with E-state index in [2.05, 4.69) is 22.1 Å². The molecular formula is C17H26N2O3S. The highest BCUT2D eigenvalue weighted by molar-refractivity contribution is 7.07. The quantitative estimate of drug-likeness (QED) is 0.777. The Kier molecular flexibility index (Phi) is 6.30. The van der Waals surface area contributed by atoms with Crippen molar-refractivity contribution in [2.75, 3.05) is 32.9 Å². The van der Waals surface area contributed by atoms with Gasteiger partial charge in [0.15, 0.2) is 0 Å². The van der Waals surface area contributed by atoms with Gasteiger partial charge in [-0.2, -0.15) is 11.3 Å². The fourth-order valence-electron chi connectivity index (χ4n) is 3.28. The maximum atomic E-state index is 12.4. The van der Waals surface area contributed by atoms with Crippen LogP contribution in [0.5, 0.6) is 0 Å². The number of likely N-dealkylation sites (tertiary alicyclic amines) is 1. The molecule has 3 rings (SSSR count). The van der Waals surface area contributed by atoms with Crippen molar-refractivity contribution in [2.45, 2.75) is 44.2 Å². The lowest BCUT2D eigenvalue weighted by atomic mass is 10.1. The molecule has 2 atom stereocenters. The van der Waals surface area contributed by atoms with Gasteiger partial charge in [0, 0.05) is 26.3 Å². The molecule has 23 heavy (non-hydrogen) atoms. The minimum absolute atomic E-state index is 0.0535. The molecule has 0 bridgehead atoms. The van der Waals surface area contributed by atoms with Crippen LogP contribution in [0.4, 0.5) is 4.79 Å². The molecule has 0 radical (unpaired) electrons. The summed E-state index contributed by atoms with van der Waals surface area (Å²) in [6.45, 7) is 3.73. The van der Waals surface area contributed by atoms with Crippen molar-refractivity contribution < 1.29 is 14.3 Å². The second-order valence-corrected chi connectivity index (χ2v) is 6.98. The van der Waals surface area contributed by atoms with Crippen LogP contribution in [0.3, 0.4) is 0 Å². The van der Waals surface area contributed by atoms with Crippen LogP contribution in [0.25, 0.3) is 0 Å². The van der Waals surface area contributed by atoms with Crippen LogP contribution in [0.15, 0.2) is 16.8 Å². The maximum absolute atomic E-state index is 12.4. The van der Waals surface area contributed by atoms with Crippen molar-refractivity contribution in [3.05, 3.63) is 22.4 Å². The summed E-state index contributed by atoms with van der Waals surface area (Å²) in [6, 6.07) is 2.43. The molecule has 2 aliphatic heterocycles. The fraction of sp³-hybridized carbons (Fsp3) is 0.706. The molecule has 2 fully saturated rings. The Labute approximate surface area is 142 Å². The van der Waals surface area contributed by atoms with Crippen molar-refractivity contribution in [3.63, 3.8) is 0 Å². The SMILES string of the molecule is O=C(NCCCOC[C@@H]1CCCO1)N1CCC[C@H]1c1ccsc1. The summed E-state index contributed by atoms with van der Waals surface area (Å²) in [5, 5.41) is 7.25. The first-order valence-corrected chi connectivity index (χ1v) is 9.55. The van der Waals surface area contributed by atoms with Crippen LogP contribution < -0.4 is 5.32 Å². The summed E-state index contributed by atoms with van der Waals surface area (Å²) in [5.74, 6) is 0. The van der Waals surface area contributed by atoms with E-state index in [-0.39, 0.29) is 18.2 Å². The maximum Gasteiger partial charge on any atom is 0.317 e. The number of ether oxygens (including phenoxy) is 2. The molecule has 0 aliphatic carbocycles. The summed E-state index contributed by atoms with van der Waals surface area (Å²) < 4.78 is 11.1. The highest BCUT2D eigenvalue weighted by atomic mass is 32.1. The molecule has 0 saturated carbocycles. The van der Waals surface area contributed by atoms with Crippen molar-refractivity contribution in [1.29, 1.82) is 0 Å². The minimum atomic E-state index is 0.0535. The molecule has 1 N–H and O–H groups in total. The summed E-state index contributed by atoms with van der Waals surface area (Å²) in [6.07, 6.45) is 5.52. The molecule has 0 aromatic carbocycles. The van der Waals surface area contributed by atoms with Gasteiger partial charge in [-0.15, -0.1) is 0 Å². The van der Waals surface area contributed by atoms with Crippen molar-refractivity contribution >= 4 is 17.4 Å². The Balaban J connectivity index is 1.31. The number of nitrogens with one attached hydrogen (secondary N) is 1. The number of hydrogen-bond acceptors (Lipinski definition) is 4. The van der Waals surface area contributed by atoms with Crippen LogP contribution in [0.2, 0.25) is 0 Å². The molecule has 2 aliphatic rings. The van der Waals surface area contributed by atoms with Crippen LogP contribution in [-0.2, 0) is 9.47 Å². The molecule has 1 aromatic rings. The second kappa shape index (κ2) is 8.66. The number of urea groups is 1. The highest BCUT2D eigenvalue weighted by Crippen LogP contribution is 2.32. The van der Waals surface area contributed by atoms with Gasteiger partial charge >= 0.3 is 6.03 Å². The Morgan fingerprint density at radius 2 is 2.39 bits per heavy atom. The molecule has 2 saturated heterocycles. The number of carbonyl (C=O) groups is 1. The van der Waals surface area contributed by atoms with Crippen LogP contribution in [0, 0.1) is 0 Å². The normalized spacial score (nSPS) is 24.3. The van der Waals surface area contributed by atoms with Gasteiger partial charge in [-0.25, -0.2) is 4.79 Å². The lowest BCUT2D eigenvalue weighted by molar-refractivity contribution is 0.0167. The number of amides is 2. The third-order valence-electron chi connectivity index (χ3n) is 4.51. The summed E-state index contributed by atoms with van der Waals surface area (Å²) >= 11 is 1.69. The largest absolute Gasteiger partial charge is 0.379 e. The van der Waals surface area contributed by atoms with E-state index in [1.54, 1.807) is 11.3 Å². The minimum Gasteiger partial charge on any atom is -0.379 e. The number of thiophene rings is 1. The van der Waals surface area contributed by atoms with Gasteiger partial charge in [0.05, 0.1) is 18.8 Å². The third-order valence-corrected chi connectivity index (χ3v) is 5.21. The molecule has 0 spiro atoms. The molecule has 3 heterocycles. The lowest BCUT2D eigenvalue weighted by Crippen LogP contribution is -2.40. The summed E-state index contributed by atoms with van der Waals surface area (Å²) in [7, 11) is 0. The van der Waals surface area contributed by atoms with E-state index in [1.807, 2.05) is 4.90 Å². The van der Waals surface area contributed by atoms with Crippen molar-refractivity contribution in [2.24, 2.45) is 0 Å². The first-order valence-electron chi connectivity index (χ1n) is 8.60. The molecule has 6 heteroatoms. The molecule has 1 aromatic heterocycles. The smallest absolute Gasteiger partial charge is 0.317 e. The molecule has 5 nitrogen and oxygen atoms in total. The van der Waals surface area contributed by atoms with E-state index in [0.29, 0.717) is 19.8 Å². The van der Waals surface area contributed by atoms with E-state index in [4.69, 9.17) is 9.47 Å². The van der Waals surface area contributed by atoms with E-state index in [0.717, 1.165) is 45.3 Å². The second-order valence-electron chi connectivity index (χ2n) is 6.20. The third kappa shape index (κ3) is 4.68. The molecular weight excluding hydrogens is 312 g/mol. The average molecular weight is 338 g/mol. The monoisotopic (exact) mass is 338 g/mol. The van der Waals surface area contributed by atoms with Crippen molar-refractivity contribution in [3.8, 4) is 0 Å². The Morgan fingerprint density at radius 3 is 3.17 bits per heavy atom. The zero-order chi connectivity index (χ0) is 15.9. The molecule has 0 unspecified atom stereocenters. The first-order chi connectivity index (χ1) is 11.3. The summed E-state index contributed by atoms with van der Waals surface area (Å²) in [4.78, 5) is 14.3. The fourth-order valence-corrected chi connectivity index (χ4v) is 3.99. The lowest BCUT2D eigenvalue weighted by Gasteiger charge is -2.24. The number of hydrogen-bond donors (Lipinski definition) is 1. The van der Waals surface area contributed by atoms with Gasteiger partial charge in [0.2, 0.25) is 0 Å². The van der Waals surface area contributed by atoms with E-state index < -0.39 is 0 Å². The van der Waals surface area contributed by atoms with E-state index in [9.17, 15) is 4.79 Å². The highest BCUT2D eigenvalue weighted by Gasteiger charge is 2.29. The zero-order valence-corrected chi connectivity index (χ0v) is 14.4. The Hall–Kier alpha value is -1.11. The Bertz CT molecular complexity index is 474. The predicted octanol–water partition coefficient (Wildman–Crippen LogP) is 3.18. The van der Waals surface area contributed by atoms with Crippen molar-refractivity contribution in [1.82, 2.24) is 10.2 Å². The Morgan fingerprint density at radius 1 is 1.43 bits per heavy atom. The van der Waals surface area contributed by atoms with Gasteiger partial charge in [0.1, 0.15) is 0 Å². The number of carbonyl (C=O) groups excluding carboxylic acids is 1. The van der Waals surface area contributed by atoms with Gasteiger partial charge in [0.25, 0.3) is 0 Å². The van der Waals surface area contributed by atoms with Crippen LogP contribution in [0.1, 0.15) is 43.7 Å². The number of rotatable bonds is 7. The molecule has 128 valence electrons. The average Bonchev–Trinajstić information content (AvgIpc) is 3.32. The van der Waals surface area contributed by atoms with E-state index in [1.165, 1.54) is 5.56 Å². The van der Waals surface area contributed by atoms with Crippen LogP contribution in [-0.4, -0.2) is 49.9 Å². The van der Waals surface area contributed by atoms with E-state index >= 15 is 0 Å². The van der Waals surface area contributed by atoms with Crippen LogP contribution >= 0.6 is 11.3 Å². The van der Waals surface area contributed by atoms with Gasteiger partial charge in [-0.05, 0) is 54.5 Å². The summed E-state index contributed by atoms with van der Waals surface area (Å²) in [5.41, 5.74) is 1.27. The number of nitrogens with zero attached hydrogens (tertiary/aromatic N) is 1. The standard InChI is InChI=1S/C17H26N2O3S/c20-17(18-7-3-9-21-12-15-4-2-10-22-15)19-8-1-5-16(19)14-6-11-23-13-14/h6,11,13,15-16H,1-5,7-10,12H2,(H,18,20)/t15-,16-/m0/s1. The van der Waals surface area contributed by atoms with Gasteiger partial charge in [-0.3, -0.25) is 0 Å².